The van der Waals surface area contributed by atoms with E-state index < -0.39 is 10.0 Å². The Kier molecular flexibility index (Phi) is 5.04. The fourth-order valence-electron chi connectivity index (χ4n) is 2.82. The average Bonchev–Trinajstić information content (AvgIpc) is 3.41. The normalized spacial score (nSPS) is 11.3. The highest BCUT2D eigenvalue weighted by atomic mass is 32.2. The number of ketones is 1. The summed E-state index contributed by atoms with van der Waals surface area (Å²) in [6, 6.07) is 18.6. The molecule has 6 nitrogen and oxygen atoms in total. The maximum absolute atomic E-state index is 13.0. The van der Waals surface area contributed by atoms with Crippen LogP contribution < -0.4 is 4.72 Å². The van der Waals surface area contributed by atoms with Crippen LogP contribution in [0, 0.1) is 6.92 Å². The van der Waals surface area contributed by atoms with Crippen LogP contribution in [0.1, 0.15) is 21.5 Å². The molecule has 4 rings (SSSR count). The van der Waals surface area contributed by atoms with Crippen molar-refractivity contribution >= 4 is 32.8 Å². The van der Waals surface area contributed by atoms with Crippen molar-refractivity contribution < 1.29 is 17.7 Å². The van der Waals surface area contributed by atoms with Gasteiger partial charge in [0.05, 0.1) is 10.6 Å². The van der Waals surface area contributed by atoms with Gasteiger partial charge >= 0.3 is 0 Å². The molecule has 2 aromatic heterocycles. The largest absolute Gasteiger partial charge is 0.364 e. The summed E-state index contributed by atoms with van der Waals surface area (Å²) in [5, 5.41) is 3.82. The van der Waals surface area contributed by atoms with Crippen molar-refractivity contribution in [1.82, 2.24) is 5.16 Å². The second-order valence-corrected chi connectivity index (χ2v) is 9.35. The van der Waals surface area contributed by atoms with E-state index in [1.165, 1.54) is 12.3 Å². The van der Waals surface area contributed by atoms with Crippen LogP contribution in [-0.4, -0.2) is 19.4 Å². The molecule has 0 bridgehead atoms. The first-order valence-corrected chi connectivity index (χ1v) is 11.0. The lowest BCUT2D eigenvalue weighted by atomic mass is 10.00. The van der Waals surface area contributed by atoms with Gasteiger partial charge in [0.25, 0.3) is 10.0 Å². The number of anilines is 1. The molecule has 1 N–H and O–H groups in total. The third-order valence-corrected chi connectivity index (χ3v) is 7.20. The van der Waals surface area contributed by atoms with E-state index in [-0.39, 0.29) is 15.7 Å². The first-order valence-electron chi connectivity index (χ1n) is 8.68. The molecule has 0 unspecified atom stereocenters. The van der Waals surface area contributed by atoms with E-state index in [1.807, 2.05) is 13.0 Å². The monoisotopic (exact) mass is 424 g/mol. The van der Waals surface area contributed by atoms with Crippen molar-refractivity contribution in [3.8, 4) is 10.6 Å². The van der Waals surface area contributed by atoms with Crippen LogP contribution in [0.2, 0.25) is 0 Å². The molecular formula is C21H16N2O4S2. The summed E-state index contributed by atoms with van der Waals surface area (Å²) in [5.74, 6) is -0.249. The second kappa shape index (κ2) is 7.65. The number of carbonyl (C=O) groups excluding carboxylic acids is 1. The molecule has 2 aromatic carbocycles. The number of nitrogens with zero attached hydrogens (tertiary/aromatic N) is 1. The number of thiophene rings is 1. The zero-order valence-electron chi connectivity index (χ0n) is 15.3. The minimum atomic E-state index is -3.88. The van der Waals surface area contributed by atoms with Crippen molar-refractivity contribution in [3.05, 3.63) is 89.7 Å². The highest BCUT2D eigenvalue weighted by Gasteiger charge is 2.22. The number of aromatic nitrogens is 1. The van der Waals surface area contributed by atoms with Crippen LogP contribution in [0.4, 0.5) is 5.69 Å². The molecule has 0 atom stereocenters. The van der Waals surface area contributed by atoms with Gasteiger partial charge in [-0.05, 0) is 31.2 Å². The van der Waals surface area contributed by atoms with Gasteiger partial charge in [-0.3, -0.25) is 9.52 Å². The molecule has 0 saturated carbocycles. The van der Waals surface area contributed by atoms with Gasteiger partial charge in [0, 0.05) is 17.2 Å². The smallest absolute Gasteiger partial charge is 0.271 e. The summed E-state index contributed by atoms with van der Waals surface area (Å²) in [4.78, 5) is 13.6. The van der Waals surface area contributed by atoms with E-state index in [2.05, 4.69) is 9.88 Å². The third-order valence-electron chi connectivity index (χ3n) is 4.24. The summed E-state index contributed by atoms with van der Waals surface area (Å²) >= 11 is 1.07. The molecular weight excluding hydrogens is 408 g/mol. The molecule has 4 aromatic rings. The fourth-order valence-corrected chi connectivity index (χ4v) is 5.16. The van der Waals surface area contributed by atoms with Gasteiger partial charge in [-0.1, -0.05) is 47.1 Å². The molecule has 146 valence electrons. The Morgan fingerprint density at radius 3 is 2.55 bits per heavy atom. The number of sulfonamides is 1. The van der Waals surface area contributed by atoms with Gasteiger partial charge in [0.1, 0.15) is 16.2 Å². The van der Waals surface area contributed by atoms with E-state index in [4.69, 9.17) is 4.52 Å². The first-order chi connectivity index (χ1) is 13.9. The SMILES string of the molecule is Cc1ccc(NS(=O)(=O)c2ccc(-c3ccon3)s2)c(C(=O)c2ccccc2)c1. The van der Waals surface area contributed by atoms with E-state index >= 15 is 0 Å². The average molecular weight is 425 g/mol. The van der Waals surface area contributed by atoms with Crippen LogP contribution in [0.15, 0.2) is 81.7 Å². The maximum Gasteiger partial charge on any atom is 0.271 e. The number of aryl methyl sites for hydroxylation is 1. The van der Waals surface area contributed by atoms with Crippen molar-refractivity contribution in [2.24, 2.45) is 0 Å². The Balaban J connectivity index is 1.68. The minimum Gasteiger partial charge on any atom is -0.364 e. The van der Waals surface area contributed by atoms with E-state index in [9.17, 15) is 13.2 Å². The zero-order valence-corrected chi connectivity index (χ0v) is 17.0. The van der Waals surface area contributed by atoms with Crippen LogP contribution in [0.3, 0.4) is 0 Å². The molecule has 0 amide bonds. The Morgan fingerprint density at radius 2 is 1.83 bits per heavy atom. The molecule has 0 saturated heterocycles. The van der Waals surface area contributed by atoms with Crippen LogP contribution in [0.25, 0.3) is 10.6 Å². The molecule has 0 spiro atoms. The molecule has 0 aliphatic carbocycles. The molecule has 0 aliphatic rings. The predicted molar refractivity (Wildman–Crippen MR) is 112 cm³/mol. The molecule has 8 heteroatoms. The van der Waals surface area contributed by atoms with E-state index in [1.54, 1.807) is 54.6 Å². The Morgan fingerprint density at radius 1 is 1.03 bits per heavy atom. The summed E-state index contributed by atoms with van der Waals surface area (Å²) in [6.45, 7) is 1.85. The van der Waals surface area contributed by atoms with Crippen LogP contribution in [0.5, 0.6) is 0 Å². The fraction of sp³-hybridized carbons (Fsp3) is 0.0476. The number of nitrogens with one attached hydrogen (secondary N) is 1. The van der Waals surface area contributed by atoms with Crippen molar-refractivity contribution in [2.45, 2.75) is 11.1 Å². The van der Waals surface area contributed by atoms with Gasteiger partial charge in [0.2, 0.25) is 0 Å². The van der Waals surface area contributed by atoms with Gasteiger partial charge in [-0.25, -0.2) is 8.42 Å². The van der Waals surface area contributed by atoms with E-state index in [0.717, 1.165) is 16.9 Å². The minimum absolute atomic E-state index is 0.120. The molecule has 0 radical (unpaired) electrons. The number of hydrogen-bond donors (Lipinski definition) is 1. The second-order valence-electron chi connectivity index (χ2n) is 6.35. The highest BCUT2D eigenvalue weighted by molar-refractivity contribution is 7.94. The lowest BCUT2D eigenvalue weighted by Crippen LogP contribution is -2.15. The van der Waals surface area contributed by atoms with Crippen molar-refractivity contribution in [3.63, 3.8) is 0 Å². The quantitative estimate of drug-likeness (QED) is 0.452. The summed E-state index contributed by atoms with van der Waals surface area (Å²) in [6.07, 6.45) is 1.43. The maximum atomic E-state index is 13.0. The lowest BCUT2D eigenvalue weighted by Gasteiger charge is -2.12. The zero-order chi connectivity index (χ0) is 20.4. The van der Waals surface area contributed by atoms with Gasteiger partial charge in [-0.15, -0.1) is 11.3 Å². The molecule has 0 aliphatic heterocycles. The lowest BCUT2D eigenvalue weighted by molar-refractivity contribution is 0.103. The van der Waals surface area contributed by atoms with Gasteiger partial charge in [0.15, 0.2) is 5.78 Å². The Hall–Kier alpha value is -3.23. The van der Waals surface area contributed by atoms with Gasteiger partial charge < -0.3 is 4.52 Å². The van der Waals surface area contributed by atoms with Crippen LogP contribution >= 0.6 is 11.3 Å². The first kappa shape index (κ1) is 19.1. The molecule has 0 fully saturated rings. The third kappa shape index (κ3) is 3.98. The highest BCUT2D eigenvalue weighted by Crippen LogP contribution is 2.31. The summed E-state index contributed by atoms with van der Waals surface area (Å²) < 4.78 is 33.3. The molecule has 29 heavy (non-hydrogen) atoms. The predicted octanol–water partition coefficient (Wildman–Crippen LogP) is 4.74. The number of carbonyl (C=O) groups is 1. The standard InChI is InChI=1S/C21H16N2O4S2/c1-14-7-8-17(16(13-14)21(24)15-5-3-2-4-6-15)23-29(25,26)20-10-9-19(28-20)18-11-12-27-22-18/h2-13,23H,1H3. The number of benzene rings is 2. The summed E-state index contributed by atoms with van der Waals surface area (Å²) in [7, 11) is -3.88. The number of hydrogen-bond acceptors (Lipinski definition) is 6. The van der Waals surface area contributed by atoms with Crippen molar-refractivity contribution in [1.29, 1.82) is 0 Å². The van der Waals surface area contributed by atoms with Crippen molar-refractivity contribution in [2.75, 3.05) is 4.72 Å². The topological polar surface area (TPSA) is 89.3 Å². The molecule has 2 heterocycles. The van der Waals surface area contributed by atoms with E-state index in [0.29, 0.717) is 21.7 Å². The van der Waals surface area contributed by atoms with Crippen LogP contribution in [-0.2, 0) is 10.0 Å². The summed E-state index contributed by atoms with van der Waals surface area (Å²) in [5.41, 5.74) is 2.44. The number of rotatable bonds is 6. The van der Waals surface area contributed by atoms with Gasteiger partial charge in [-0.2, -0.15) is 0 Å². The Labute approximate surface area is 171 Å². The Bertz CT molecular complexity index is 1260.